The molecule has 5 rings (SSSR count). The molecule has 10 nitrogen and oxygen atoms in total. The van der Waals surface area contributed by atoms with Crippen LogP contribution >= 0.6 is 0 Å². The van der Waals surface area contributed by atoms with E-state index in [1.54, 1.807) is 42.9 Å². The summed E-state index contributed by atoms with van der Waals surface area (Å²) in [6, 6.07) is 5.56. The molecular weight excluding hydrogens is 398 g/mol. The first-order valence-corrected chi connectivity index (χ1v) is 10.3. The average molecular weight is 421 g/mol. The highest BCUT2D eigenvalue weighted by Gasteiger charge is 2.35. The molecule has 1 aliphatic carbocycles. The number of rotatable bonds is 4. The van der Waals surface area contributed by atoms with Crippen molar-refractivity contribution in [2.45, 2.75) is 44.8 Å². The van der Waals surface area contributed by atoms with E-state index in [0.717, 1.165) is 31.2 Å². The Hall–Kier alpha value is -3.53. The van der Waals surface area contributed by atoms with E-state index in [4.69, 9.17) is 0 Å². The number of fused-ring (bicyclic) bond motifs is 2. The number of carbonyl (C=O) groups excluding carboxylic acids is 2. The summed E-state index contributed by atoms with van der Waals surface area (Å²) < 4.78 is 1.65. The molecule has 1 aromatic carbocycles. The molecule has 0 radical (unpaired) electrons. The van der Waals surface area contributed by atoms with Gasteiger partial charge in [-0.2, -0.15) is 9.50 Å². The number of aliphatic hydroxyl groups is 1. The Morgan fingerprint density at radius 3 is 2.71 bits per heavy atom. The highest BCUT2D eigenvalue weighted by atomic mass is 16.3. The second-order valence-electron chi connectivity index (χ2n) is 8.13. The summed E-state index contributed by atoms with van der Waals surface area (Å²) in [7, 11) is 1.59. The number of amides is 1. The second-order valence-corrected chi connectivity index (χ2v) is 8.13. The molecule has 0 saturated heterocycles. The monoisotopic (exact) mass is 421 g/mol. The molecule has 1 saturated carbocycles. The van der Waals surface area contributed by atoms with E-state index < -0.39 is 11.7 Å². The van der Waals surface area contributed by atoms with Gasteiger partial charge in [-0.05, 0) is 50.3 Å². The van der Waals surface area contributed by atoms with Gasteiger partial charge in [-0.25, -0.2) is 4.98 Å². The van der Waals surface area contributed by atoms with Gasteiger partial charge >= 0.3 is 0 Å². The number of hydrogen-bond donors (Lipinski definition) is 3. The number of carbonyl (C=O) groups is 2. The molecule has 0 unspecified atom stereocenters. The van der Waals surface area contributed by atoms with Crippen molar-refractivity contribution in [2.24, 2.45) is 0 Å². The van der Waals surface area contributed by atoms with E-state index in [2.05, 4.69) is 25.7 Å². The maximum absolute atomic E-state index is 12.2. The quantitative estimate of drug-likeness (QED) is 0.547. The fourth-order valence-electron chi connectivity index (χ4n) is 4.27. The molecule has 0 spiro atoms. The normalized spacial score (nSPS) is 20.9. The number of nitrogens with zero attached hydrogens (tertiary/aromatic N) is 5. The summed E-state index contributed by atoms with van der Waals surface area (Å²) in [6.45, 7) is 1.80. The first-order valence-electron chi connectivity index (χ1n) is 10.3. The van der Waals surface area contributed by atoms with Crippen LogP contribution in [0.3, 0.4) is 0 Å². The Morgan fingerprint density at radius 1 is 1.16 bits per heavy atom. The minimum absolute atomic E-state index is 0.218. The molecule has 0 atom stereocenters. The third kappa shape index (κ3) is 3.38. The summed E-state index contributed by atoms with van der Waals surface area (Å²) in [6.07, 6.45) is 4.75. The van der Waals surface area contributed by atoms with Crippen molar-refractivity contribution in [2.75, 3.05) is 22.6 Å². The minimum Gasteiger partial charge on any atom is -0.393 e. The number of hydrogen-bond acceptors (Lipinski definition) is 8. The van der Waals surface area contributed by atoms with Gasteiger partial charge in [-0.15, -0.1) is 5.10 Å². The summed E-state index contributed by atoms with van der Waals surface area (Å²) in [5.74, 6) is -0.0316. The fourth-order valence-corrected chi connectivity index (χ4v) is 4.27. The highest BCUT2D eigenvalue weighted by Crippen LogP contribution is 2.34. The molecule has 3 N–H and O–H groups in total. The van der Waals surface area contributed by atoms with E-state index >= 15 is 0 Å². The average Bonchev–Trinajstić information content (AvgIpc) is 3.25. The predicted octanol–water partition coefficient (Wildman–Crippen LogP) is 2.05. The lowest BCUT2D eigenvalue weighted by atomic mass is 9.93. The molecule has 2 aliphatic rings. The van der Waals surface area contributed by atoms with Crippen LogP contribution in [0.4, 0.5) is 23.3 Å². The summed E-state index contributed by atoms with van der Waals surface area (Å²) in [5, 5.41) is 20.8. The van der Waals surface area contributed by atoms with Crippen LogP contribution in [0.5, 0.6) is 0 Å². The van der Waals surface area contributed by atoms with Crippen LogP contribution in [-0.4, -0.2) is 55.6 Å². The van der Waals surface area contributed by atoms with Gasteiger partial charge in [0.05, 0.1) is 17.4 Å². The molecule has 160 valence electrons. The number of aromatic nitrogens is 4. The molecule has 1 fully saturated rings. The lowest BCUT2D eigenvalue weighted by Crippen LogP contribution is -2.29. The topological polar surface area (TPSA) is 125 Å². The van der Waals surface area contributed by atoms with Crippen molar-refractivity contribution in [3.8, 4) is 0 Å². The van der Waals surface area contributed by atoms with Crippen molar-refractivity contribution in [1.82, 2.24) is 19.6 Å². The smallest absolute Gasteiger partial charge is 0.299 e. The van der Waals surface area contributed by atoms with E-state index in [9.17, 15) is 14.7 Å². The Kier molecular flexibility index (Phi) is 4.58. The molecule has 31 heavy (non-hydrogen) atoms. The third-order valence-corrected chi connectivity index (χ3v) is 5.94. The fraction of sp³-hybridized carbons (Fsp3) is 0.381. The van der Waals surface area contributed by atoms with Crippen LogP contribution in [0, 0.1) is 6.92 Å². The van der Waals surface area contributed by atoms with Gasteiger partial charge in [0.1, 0.15) is 0 Å². The zero-order valence-corrected chi connectivity index (χ0v) is 17.3. The summed E-state index contributed by atoms with van der Waals surface area (Å²) in [5.41, 5.74) is 3.05. The van der Waals surface area contributed by atoms with Gasteiger partial charge in [0.25, 0.3) is 11.7 Å². The number of ketones is 1. The molecule has 10 heteroatoms. The second kappa shape index (κ2) is 7.31. The first kappa shape index (κ1) is 19.4. The van der Waals surface area contributed by atoms with Crippen molar-refractivity contribution in [3.63, 3.8) is 0 Å². The number of aliphatic hydroxyl groups excluding tert-OH is 1. The SMILES string of the molecule is Cc1cc(Nc2nc3ccnc(NC4CCC(O)CC4)n3n2)cc2c1C(=O)C(=O)N2C. The largest absolute Gasteiger partial charge is 0.393 e. The number of nitrogens with one attached hydrogen (secondary N) is 2. The van der Waals surface area contributed by atoms with E-state index in [0.29, 0.717) is 34.5 Å². The predicted molar refractivity (Wildman–Crippen MR) is 115 cm³/mol. The van der Waals surface area contributed by atoms with Gasteiger partial charge in [0.2, 0.25) is 11.9 Å². The van der Waals surface area contributed by atoms with Gasteiger partial charge in [0, 0.05) is 31.0 Å². The zero-order chi connectivity index (χ0) is 21.7. The summed E-state index contributed by atoms with van der Waals surface area (Å²) in [4.78, 5) is 34.5. The van der Waals surface area contributed by atoms with Crippen molar-refractivity contribution in [3.05, 3.63) is 35.5 Å². The zero-order valence-electron chi connectivity index (χ0n) is 17.3. The van der Waals surface area contributed by atoms with Gasteiger partial charge in [-0.1, -0.05) is 0 Å². The molecule has 1 amide bonds. The Labute approximate surface area is 178 Å². The van der Waals surface area contributed by atoms with Crippen LogP contribution in [0.25, 0.3) is 5.65 Å². The first-order chi connectivity index (χ1) is 14.9. The van der Waals surface area contributed by atoms with Gasteiger partial charge in [0.15, 0.2) is 5.65 Å². The lowest BCUT2D eigenvalue weighted by molar-refractivity contribution is -0.114. The number of benzene rings is 1. The van der Waals surface area contributed by atoms with Crippen LogP contribution < -0.4 is 15.5 Å². The van der Waals surface area contributed by atoms with E-state index in [1.807, 2.05) is 0 Å². The highest BCUT2D eigenvalue weighted by molar-refractivity contribution is 6.52. The van der Waals surface area contributed by atoms with Crippen molar-refractivity contribution in [1.29, 1.82) is 0 Å². The van der Waals surface area contributed by atoms with E-state index in [1.165, 1.54) is 4.90 Å². The van der Waals surface area contributed by atoms with Crippen molar-refractivity contribution >= 4 is 40.6 Å². The van der Waals surface area contributed by atoms with Crippen molar-refractivity contribution < 1.29 is 14.7 Å². The maximum Gasteiger partial charge on any atom is 0.299 e. The molecule has 1 aliphatic heterocycles. The molecule has 3 aromatic rings. The van der Waals surface area contributed by atoms with Crippen LogP contribution in [0.1, 0.15) is 41.6 Å². The number of aryl methyl sites for hydroxylation is 1. The van der Waals surface area contributed by atoms with Crippen LogP contribution in [0.2, 0.25) is 0 Å². The third-order valence-electron chi connectivity index (χ3n) is 5.94. The maximum atomic E-state index is 12.2. The minimum atomic E-state index is -0.530. The Balaban J connectivity index is 1.42. The van der Waals surface area contributed by atoms with Crippen LogP contribution in [0.15, 0.2) is 24.4 Å². The van der Waals surface area contributed by atoms with Gasteiger partial charge < -0.3 is 20.6 Å². The number of Topliss-reactive ketones (excluding diaryl/α,β-unsaturated/α-hetero) is 1. The number of anilines is 4. The number of likely N-dealkylation sites (N-methyl/N-ethyl adjacent to an activating group) is 1. The van der Waals surface area contributed by atoms with E-state index in [-0.39, 0.29) is 12.1 Å². The Bertz CT molecular complexity index is 1200. The Morgan fingerprint density at radius 2 is 1.94 bits per heavy atom. The molecule has 3 heterocycles. The van der Waals surface area contributed by atoms with Crippen LogP contribution in [-0.2, 0) is 4.79 Å². The molecule has 2 aromatic heterocycles. The van der Waals surface area contributed by atoms with Gasteiger partial charge in [-0.3, -0.25) is 9.59 Å². The molecular formula is C21H23N7O3. The lowest BCUT2D eigenvalue weighted by Gasteiger charge is -2.26. The summed E-state index contributed by atoms with van der Waals surface area (Å²) >= 11 is 0. The molecule has 0 bridgehead atoms. The standard InChI is InChI=1S/C21H23N7O3/c1-11-9-13(10-15-17(11)18(30)19(31)27(15)2)23-20-25-16-7-8-22-21(28(16)26-20)24-12-3-5-14(29)6-4-12/h7-10,12,14,29H,3-6H2,1-2H3,(H,22,24)(H,23,26).